The Morgan fingerprint density at radius 1 is 1.26 bits per heavy atom. The third kappa shape index (κ3) is 11.5. The minimum atomic E-state index is 0.431. The smallest absolute Gasteiger partial charge is 0.293 e. The number of hydrogen-bond acceptors (Lipinski definition) is 3. The van der Waals surface area contributed by atoms with Crippen molar-refractivity contribution >= 4 is 6.47 Å². The van der Waals surface area contributed by atoms with Crippen molar-refractivity contribution in [2.24, 2.45) is 5.92 Å². The molecule has 19 heavy (non-hydrogen) atoms. The first kappa shape index (κ1) is 17.6. The number of ether oxygens (including phenoxy) is 1. The first-order valence-electron chi connectivity index (χ1n) is 6.84. The molecule has 1 aromatic carbocycles. The van der Waals surface area contributed by atoms with Gasteiger partial charge in [0, 0.05) is 6.54 Å². The summed E-state index contributed by atoms with van der Waals surface area (Å²) in [5, 5.41) is 0. The molecule has 3 nitrogen and oxygen atoms in total. The lowest BCUT2D eigenvalue weighted by molar-refractivity contribution is -0.128. The van der Waals surface area contributed by atoms with E-state index in [4.69, 9.17) is 0 Å². The molecule has 1 aromatic rings. The van der Waals surface area contributed by atoms with Gasteiger partial charge in [-0.2, -0.15) is 0 Å². The zero-order chi connectivity index (χ0) is 14.5. The molecule has 0 radical (unpaired) electrons. The van der Waals surface area contributed by atoms with Crippen LogP contribution in [0.2, 0.25) is 0 Å². The van der Waals surface area contributed by atoms with Gasteiger partial charge in [0.1, 0.15) is 0 Å². The highest BCUT2D eigenvalue weighted by atomic mass is 16.5. The Balaban J connectivity index is 0.000000555. The Morgan fingerprint density at radius 3 is 2.32 bits per heavy atom. The van der Waals surface area contributed by atoms with E-state index in [9.17, 15) is 4.79 Å². The summed E-state index contributed by atoms with van der Waals surface area (Å²) in [6, 6.07) is 10.7. The van der Waals surface area contributed by atoms with Crippen LogP contribution >= 0.6 is 0 Å². The maximum Gasteiger partial charge on any atom is 0.293 e. The van der Waals surface area contributed by atoms with Gasteiger partial charge in [0.15, 0.2) is 0 Å². The number of benzene rings is 1. The lowest BCUT2D eigenvalue weighted by atomic mass is 10.0. The zero-order valence-electron chi connectivity index (χ0n) is 12.6. The van der Waals surface area contributed by atoms with Gasteiger partial charge in [0.25, 0.3) is 6.47 Å². The average molecular weight is 265 g/mol. The number of aryl methyl sites for hydroxylation is 1. The van der Waals surface area contributed by atoms with Gasteiger partial charge in [-0.05, 0) is 45.3 Å². The third-order valence-corrected chi connectivity index (χ3v) is 2.68. The zero-order valence-corrected chi connectivity index (χ0v) is 12.6. The molecular weight excluding hydrogens is 238 g/mol. The van der Waals surface area contributed by atoms with Gasteiger partial charge in [-0.3, -0.25) is 4.79 Å². The van der Waals surface area contributed by atoms with E-state index >= 15 is 0 Å². The predicted molar refractivity (Wildman–Crippen MR) is 80.2 cm³/mol. The van der Waals surface area contributed by atoms with E-state index < -0.39 is 0 Å². The number of rotatable bonds is 7. The quantitative estimate of drug-likeness (QED) is 0.710. The van der Waals surface area contributed by atoms with Crippen molar-refractivity contribution in [1.82, 2.24) is 4.90 Å². The number of nitrogens with zero attached hydrogens (tertiary/aromatic N) is 1. The summed E-state index contributed by atoms with van der Waals surface area (Å²) in [5.74, 6) is 0.783. The van der Waals surface area contributed by atoms with Crippen molar-refractivity contribution in [2.75, 3.05) is 27.2 Å². The molecule has 0 aromatic heterocycles. The first-order chi connectivity index (χ1) is 9.10. The molecule has 0 spiro atoms. The van der Waals surface area contributed by atoms with Gasteiger partial charge in [-0.25, -0.2) is 0 Å². The van der Waals surface area contributed by atoms with Crippen LogP contribution in [0.15, 0.2) is 30.3 Å². The molecule has 1 rings (SSSR count). The highest BCUT2D eigenvalue weighted by molar-refractivity contribution is 5.36. The molecule has 0 fully saturated rings. The normalized spacial score (nSPS) is 11.4. The summed E-state index contributed by atoms with van der Waals surface area (Å²) in [6.07, 6.45) is 2.48. The van der Waals surface area contributed by atoms with Gasteiger partial charge in [0.05, 0.1) is 6.61 Å². The summed E-state index contributed by atoms with van der Waals surface area (Å²) in [4.78, 5) is 11.4. The Hall–Kier alpha value is -1.35. The van der Waals surface area contributed by atoms with Crippen molar-refractivity contribution in [3.8, 4) is 0 Å². The van der Waals surface area contributed by atoms with E-state index in [1.165, 1.54) is 24.9 Å². The Kier molecular flexibility index (Phi) is 10.9. The second-order valence-corrected chi connectivity index (χ2v) is 4.94. The van der Waals surface area contributed by atoms with Gasteiger partial charge in [0.2, 0.25) is 0 Å². The van der Waals surface area contributed by atoms with Gasteiger partial charge in [-0.1, -0.05) is 37.3 Å². The Bertz CT molecular complexity index is 312. The van der Waals surface area contributed by atoms with Crippen molar-refractivity contribution in [3.63, 3.8) is 0 Å². The molecule has 0 saturated carbocycles. The fourth-order valence-corrected chi connectivity index (χ4v) is 1.84. The second-order valence-electron chi connectivity index (χ2n) is 4.94. The largest absolute Gasteiger partial charge is 0.468 e. The molecule has 1 unspecified atom stereocenters. The monoisotopic (exact) mass is 265 g/mol. The molecule has 0 aliphatic rings. The summed E-state index contributed by atoms with van der Waals surface area (Å²) in [7, 11) is 4.28. The first-order valence-corrected chi connectivity index (χ1v) is 6.84. The fraction of sp³-hybridized carbons (Fsp3) is 0.562. The number of hydrogen-bond donors (Lipinski definition) is 0. The summed E-state index contributed by atoms with van der Waals surface area (Å²) >= 11 is 0. The maximum atomic E-state index is 9.18. The highest BCUT2D eigenvalue weighted by Crippen LogP contribution is 2.09. The van der Waals surface area contributed by atoms with Crippen LogP contribution < -0.4 is 0 Å². The average Bonchev–Trinajstić information content (AvgIpc) is 2.38. The van der Waals surface area contributed by atoms with Crippen molar-refractivity contribution in [2.45, 2.75) is 26.7 Å². The van der Waals surface area contributed by atoms with E-state index in [2.05, 4.69) is 61.0 Å². The van der Waals surface area contributed by atoms with Gasteiger partial charge >= 0.3 is 0 Å². The van der Waals surface area contributed by atoms with Crippen LogP contribution in [0.3, 0.4) is 0 Å². The van der Waals surface area contributed by atoms with Crippen molar-refractivity contribution in [3.05, 3.63) is 35.9 Å². The SMILES string of the molecule is CC(CCc1ccccc1)CN(C)C.CCOC=O. The molecule has 0 aliphatic carbocycles. The third-order valence-electron chi connectivity index (χ3n) is 2.68. The molecule has 1 atom stereocenters. The molecule has 108 valence electrons. The van der Waals surface area contributed by atoms with Crippen molar-refractivity contribution < 1.29 is 9.53 Å². The van der Waals surface area contributed by atoms with E-state index in [1.54, 1.807) is 6.92 Å². The predicted octanol–water partition coefficient (Wildman–Crippen LogP) is 3.00. The Labute approximate surface area is 117 Å². The standard InChI is InChI=1S/C13H21N.C3H6O2/c1-12(11-14(2)3)9-10-13-7-5-4-6-8-13;1-2-5-3-4/h4-8,12H,9-11H2,1-3H3;3H,2H2,1H3. The minimum Gasteiger partial charge on any atom is -0.468 e. The molecule has 0 amide bonds. The van der Waals surface area contributed by atoms with Crippen LogP contribution in [-0.4, -0.2) is 38.6 Å². The lowest BCUT2D eigenvalue weighted by Crippen LogP contribution is -2.20. The van der Waals surface area contributed by atoms with Crippen LogP contribution in [-0.2, 0) is 16.0 Å². The van der Waals surface area contributed by atoms with Crippen LogP contribution in [0.4, 0.5) is 0 Å². The molecule has 0 saturated heterocycles. The van der Waals surface area contributed by atoms with Crippen LogP contribution in [0.1, 0.15) is 25.8 Å². The fourth-order valence-electron chi connectivity index (χ4n) is 1.84. The lowest BCUT2D eigenvalue weighted by Gasteiger charge is -2.16. The van der Waals surface area contributed by atoms with Crippen LogP contribution in [0.5, 0.6) is 0 Å². The van der Waals surface area contributed by atoms with Gasteiger partial charge in [-0.15, -0.1) is 0 Å². The van der Waals surface area contributed by atoms with E-state index in [1.807, 2.05) is 0 Å². The van der Waals surface area contributed by atoms with Gasteiger partial charge < -0.3 is 9.64 Å². The maximum absolute atomic E-state index is 9.18. The van der Waals surface area contributed by atoms with E-state index in [0.29, 0.717) is 13.1 Å². The number of carbonyl (C=O) groups excluding carboxylic acids is 1. The minimum absolute atomic E-state index is 0.431. The Morgan fingerprint density at radius 2 is 1.89 bits per heavy atom. The van der Waals surface area contributed by atoms with E-state index in [0.717, 1.165) is 5.92 Å². The van der Waals surface area contributed by atoms with Crippen LogP contribution in [0, 0.1) is 5.92 Å². The van der Waals surface area contributed by atoms with E-state index in [-0.39, 0.29) is 0 Å². The molecule has 0 bridgehead atoms. The number of carbonyl (C=O) groups is 1. The molecule has 3 heteroatoms. The second kappa shape index (κ2) is 11.7. The molecule has 0 aliphatic heterocycles. The molecular formula is C16H27NO2. The molecule has 0 heterocycles. The van der Waals surface area contributed by atoms with Crippen molar-refractivity contribution in [1.29, 1.82) is 0 Å². The highest BCUT2D eigenvalue weighted by Gasteiger charge is 2.03. The summed E-state index contributed by atoms with van der Waals surface area (Å²) in [6.45, 7) is 6.17. The summed E-state index contributed by atoms with van der Waals surface area (Å²) < 4.78 is 4.15. The molecule has 0 N–H and O–H groups in total. The topological polar surface area (TPSA) is 29.5 Å². The van der Waals surface area contributed by atoms with Crippen LogP contribution in [0.25, 0.3) is 0 Å². The summed E-state index contributed by atoms with van der Waals surface area (Å²) in [5.41, 5.74) is 1.46.